The van der Waals surface area contributed by atoms with Gasteiger partial charge in [0.1, 0.15) is 0 Å². The largest absolute Gasteiger partial charge is 0.423 e. The highest BCUT2D eigenvalue weighted by molar-refractivity contribution is 5.64. The van der Waals surface area contributed by atoms with Crippen LogP contribution >= 0.6 is 0 Å². The Morgan fingerprint density at radius 1 is 1.37 bits per heavy atom. The summed E-state index contributed by atoms with van der Waals surface area (Å²) in [4.78, 5) is 0. The van der Waals surface area contributed by atoms with Crippen molar-refractivity contribution in [2.24, 2.45) is 0 Å². The Balaban J connectivity index is 1.76. The number of nitrogens with zero attached hydrogens (tertiary/aromatic N) is 2. The molecule has 0 bridgehead atoms. The molecule has 0 radical (unpaired) electrons. The lowest BCUT2D eigenvalue weighted by Crippen LogP contribution is -2.40. The summed E-state index contributed by atoms with van der Waals surface area (Å²) in [5.74, 6) is 0.548. The minimum absolute atomic E-state index is 0.400. The van der Waals surface area contributed by atoms with E-state index >= 15 is 0 Å². The van der Waals surface area contributed by atoms with E-state index in [-0.39, 0.29) is 0 Å². The van der Waals surface area contributed by atoms with E-state index in [0.29, 0.717) is 18.0 Å². The predicted molar refractivity (Wildman–Crippen MR) is 71.9 cm³/mol. The molecule has 100 valence electrons. The van der Waals surface area contributed by atoms with Crippen molar-refractivity contribution >= 4 is 5.69 Å². The molecule has 5 nitrogen and oxygen atoms in total. The number of benzene rings is 1. The van der Waals surface area contributed by atoms with Gasteiger partial charge in [-0.1, -0.05) is 6.07 Å². The van der Waals surface area contributed by atoms with Gasteiger partial charge in [-0.05, 0) is 37.5 Å². The number of nitrogens with one attached hydrogen (secondary N) is 1. The SMILES string of the molecule is COC1CC(Nc2cc(-c3nnco3)ccc2C)C1. The third-order valence-electron chi connectivity index (χ3n) is 3.63. The maximum Gasteiger partial charge on any atom is 0.247 e. The summed E-state index contributed by atoms with van der Waals surface area (Å²) in [6, 6.07) is 6.60. The molecule has 3 rings (SSSR count). The third-order valence-corrected chi connectivity index (χ3v) is 3.63. The number of rotatable bonds is 4. The first-order valence-corrected chi connectivity index (χ1v) is 6.43. The van der Waals surface area contributed by atoms with E-state index in [1.54, 1.807) is 7.11 Å². The lowest BCUT2D eigenvalue weighted by atomic mass is 9.89. The molecule has 1 aromatic carbocycles. The molecule has 1 saturated carbocycles. The predicted octanol–water partition coefficient (Wildman–Crippen LogP) is 2.63. The molecule has 0 atom stereocenters. The van der Waals surface area contributed by atoms with Crippen LogP contribution in [0.1, 0.15) is 18.4 Å². The molecular weight excluding hydrogens is 242 g/mol. The van der Waals surface area contributed by atoms with E-state index in [1.807, 2.05) is 6.07 Å². The molecule has 2 aromatic rings. The van der Waals surface area contributed by atoms with Gasteiger partial charge in [0, 0.05) is 24.4 Å². The second-order valence-corrected chi connectivity index (χ2v) is 4.94. The van der Waals surface area contributed by atoms with E-state index < -0.39 is 0 Å². The standard InChI is InChI=1S/C14H17N3O2/c1-9-3-4-10(14-17-15-8-19-14)5-13(9)16-11-6-12(7-11)18-2/h3-5,8,11-12,16H,6-7H2,1-2H3. The van der Waals surface area contributed by atoms with Crippen molar-refractivity contribution in [3.8, 4) is 11.5 Å². The molecule has 1 heterocycles. The lowest BCUT2D eigenvalue weighted by Gasteiger charge is -2.35. The van der Waals surface area contributed by atoms with Crippen molar-refractivity contribution in [3.05, 3.63) is 30.2 Å². The molecule has 1 N–H and O–H groups in total. The zero-order chi connectivity index (χ0) is 13.2. The van der Waals surface area contributed by atoms with Crippen LogP contribution in [0.2, 0.25) is 0 Å². The molecule has 0 unspecified atom stereocenters. The Kier molecular flexibility index (Phi) is 3.21. The van der Waals surface area contributed by atoms with Gasteiger partial charge >= 0.3 is 0 Å². The molecule has 1 fully saturated rings. The smallest absolute Gasteiger partial charge is 0.247 e. The van der Waals surface area contributed by atoms with Crippen molar-refractivity contribution in [2.45, 2.75) is 31.9 Å². The first kappa shape index (κ1) is 12.2. The molecule has 1 aromatic heterocycles. The average Bonchev–Trinajstić information content (AvgIpc) is 2.89. The Morgan fingerprint density at radius 2 is 2.21 bits per heavy atom. The van der Waals surface area contributed by atoms with E-state index in [2.05, 4.69) is 34.6 Å². The first-order chi connectivity index (χ1) is 9.26. The van der Waals surface area contributed by atoms with Gasteiger partial charge in [-0.15, -0.1) is 10.2 Å². The Morgan fingerprint density at radius 3 is 2.89 bits per heavy atom. The number of aryl methyl sites for hydroxylation is 1. The number of hydrogen-bond donors (Lipinski definition) is 1. The minimum atomic E-state index is 0.400. The van der Waals surface area contributed by atoms with Crippen LogP contribution in [0.25, 0.3) is 11.5 Å². The fourth-order valence-electron chi connectivity index (χ4n) is 2.31. The maximum atomic E-state index is 5.29. The number of anilines is 1. The zero-order valence-corrected chi connectivity index (χ0v) is 11.1. The molecule has 5 heteroatoms. The van der Waals surface area contributed by atoms with E-state index in [4.69, 9.17) is 9.15 Å². The van der Waals surface area contributed by atoms with Crippen molar-refractivity contribution < 1.29 is 9.15 Å². The molecular formula is C14H17N3O2. The zero-order valence-electron chi connectivity index (χ0n) is 11.1. The molecule has 19 heavy (non-hydrogen) atoms. The first-order valence-electron chi connectivity index (χ1n) is 6.43. The summed E-state index contributed by atoms with van der Waals surface area (Å²) in [7, 11) is 1.77. The lowest BCUT2D eigenvalue weighted by molar-refractivity contribution is 0.0328. The van der Waals surface area contributed by atoms with Crippen molar-refractivity contribution in [3.63, 3.8) is 0 Å². The quantitative estimate of drug-likeness (QED) is 0.914. The Bertz CT molecular complexity index is 548. The highest BCUT2D eigenvalue weighted by Crippen LogP contribution is 2.30. The maximum absolute atomic E-state index is 5.29. The van der Waals surface area contributed by atoms with Crippen LogP contribution in [-0.4, -0.2) is 29.5 Å². The number of hydrogen-bond acceptors (Lipinski definition) is 5. The van der Waals surface area contributed by atoms with E-state index in [0.717, 1.165) is 24.1 Å². The molecule has 0 amide bonds. The van der Waals surface area contributed by atoms with Crippen molar-refractivity contribution in [2.75, 3.05) is 12.4 Å². The normalized spacial score (nSPS) is 22.0. The number of aromatic nitrogens is 2. The van der Waals surface area contributed by atoms with Gasteiger partial charge in [-0.2, -0.15) is 0 Å². The van der Waals surface area contributed by atoms with Gasteiger partial charge in [0.2, 0.25) is 12.3 Å². The van der Waals surface area contributed by atoms with E-state index in [9.17, 15) is 0 Å². The molecule has 1 aliphatic rings. The van der Waals surface area contributed by atoms with Crippen LogP contribution in [-0.2, 0) is 4.74 Å². The third kappa shape index (κ3) is 2.46. The summed E-state index contributed by atoms with van der Waals surface area (Å²) in [6.07, 6.45) is 3.86. The van der Waals surface area contributed by atoms with Crippen LogP contribution in [0.3, 0.4) is 0 Å². The highest BCUT2D eigenvalue weighted by Gasteiger charge is 2.29. The van der Waals surface area contributed by atoms with Crippen LogP contribution in [0.5, 0.6) is 0 Å². The Hall–Kier alpha value is -1.88. The fourth-order valence-corrected chi connectivity index (χ4v) is 2.31. The van der Waals surface area contributed by atoms with Crippen LogP contribution in [0.15, 0.2) is 29.0 Å². The molecule has 0 aliphatic heterocycles. The minimum Gasteiger partial charge on any atom is -0.423 e. The average molecular weight is 259 g/mol. The van der Waals surface area contributed by atoms with E-state index in [1.165, 1.54) is 12.0 Å². The van der Waals surface area contributed by atoms with Gasteiger partial charge in [-0.25, -0.2) is 0 Å². The molecule has 1 aliphatic carbocycles. The Labute approximate surface area is 112 Å². The number of methoxy groups -OCH3 is 1. The van der Waals surface area contributed by atoms with Gasteiger partial charge < -0.3 is 14.5 Å². The summed E-state index contributed by atoms with van der Waals surface area (Å²) in [5, 5.41) is 11.2. The monoisotopic (exact) mass is 259 g/mol. The van der Waals surface area contributed by atoms with Gasteiger partial charge in [0.15, 0.2) is 0 Å². The summed E-state index contributed by atoms with van der Waals surface area (Å²) < 4.78 is 10.5. The van der Waals surface area contributed by atoms with Gasteiger partial charge in [0.05, 0.1) is 6.10 Å². The highest BCUT2D eigenvalue weighted by atomic mass is 16.5. The second kappa shape index (κ2) is 5.01. The number of ether oxygens (including phenoxy) is 1. The van der Waals surface area contributed by atoms with Crippen molar-refractivity contribution in [1.29, 1.82) is 0 Å². The molecule has 0 spiro atoms. The molecule has 0 saturated heterocycles. The van der Waals surface area contributed by atoms with Crippen LogP contribution < -0.4 is 5.32 Å². The van der Waals surface area contributed by atoms with Gasteiger partial charge in [-0.3, -0.25) is 0 Å². The van der Waals surface area contributed by atoms with Crippen LogP contribution in [0.4, 0.5) is 5.69 Å². The summed E-state index contributed by atoms with van der Waals surface area (Å²) in [6.45, 7) is 2.09. The van der Waals surface area contributed by atoms with Gasteiger partial charge in [0.25, 0.3) is 0 Å². The topological polar surface area (TPSA) is 60.2 Å². The second-order valence-electron chi connectivity index (χ2n) is 4.94. The van der Waals surface area contributed by atoms with Crippen LogP contribution in [0, 0.1) is 6.92 Å². The van der Waals surface area contributed by atoms with Crippen molar-refractivity contribution in [1.82, 2.24) is 10.2 Å². The summed E-state index contributed by atoms with van der Waals surface area (Å²) >= 11 is 0. The fraction of sp³-hybridized carbons (Fsp3) is 0.429. The summed E-state index contributed by atoms with van der Waals surface area (Å²) in [5.41, 5.74) is 3.27.